The van der Waals surface area contributed by atoms with Gasteiger partial charge in [0.2, 0.25) is 0 Å². The van der Waals surface area contributed by atoms with Gasteiger partial charge in [0, 0.05) is 0 Å². The van der Waals surface area contributed by atoms with Crippen LogP contribution < -0.4 is 16.2 Å². The monoisotopic (exact) mass is 382 g/mol. The zero-order valence-corrected chi connectivity index (χ0v) is 15.9. The number of benzene rings is 1. The standard InChI is InChI=1S/C17H26O4.C2H4N2O2/c1-3-4-5-6-7-8-14(17(19)20)11-13-9-10-15(18)16(12-13)21-2;3-1(5)2(4)6/h9-10,12,14,18H,3-8,11H2,1-2H3,(H,19,20);(H2,3,5)(H2,4,6). The number of hydrogen-bond donors (Lipinski definition) is 4. The normalized spacial score (nSPS) is 11.0. The molecule has 0 aliphatic heterocycles. The predicted octanol–water partition coefficient (Wildman–Crippen LogP) is 1.96. The number of primary amides is 2. The molecule has 6 N–H and O–H groups in total. The van der Waals surface area contributed by atoms with Crippen molar-refractivity contribution in [2.45, 2.75) is 51.9 Å². The van der Waals surface area contributed by atoms with Crippen LogP contribution in [0.15, 0.2) is 18.2 Å². The Kier molecular flexibility index (Phi) is 12.1. The van der Waals surface area contributed by atoms with E-state index in [1.807, 2.05) is 0 Å². The second kappa shape index (κ2) is 13.4. The fraction of sp³-hybridized carbons (Fsp3) is 0.526. The first-order valence-electron chi connectivity index (χ1n) is 8.90. The van der Waals surface area contributed by atoms with E-state index >= 15 is 0 Å². The smallest absolute Gasteiger partial charge is 0.306 e. The molecule has 0 aliphatic carbocycles. The fourth-order valence-corrected chi connectivity index (χ4v) is 2.44. The van der Waals surface area contributed by atoms with Crippen LogP contribution in [-0.4, -0.2) is 35.1 Å². The van der Waals surface area contributed by atoms with E-state index in [1.54, 1.807) is 18.2 Å². The lowest BCUT2D eigenvalue weighted by atomic mass is 9.93. The lowest BCUT2D eigenvalue weighted by Crippen LogP contribution is -2.29. The second-order valence-electron chi connectivity index (χ2n) is 6.18. The first-order chi connectivity index (χ1) is 12.7. The minimum atomic E-state index is -1.10. The van der Waals surface area contributed by atoms with Crippen molar-refractivity contribution in [1.29, 1.82) is 0 Å². The van der Waals surface area contributed by atoms with E-state index in [4.69, 9.17) is 4.74 Å². The van der Waals surface area contributed by atoms with Gasteiger partial charge < -0.3 is 26.4 Å². The van der Waals surface area contributed by atoms with E-state index in [0.717, 1.165) is 18.4 Å². The second-order valence-corrected chi connectivity index (χ2v) is 6.18. The molecule has 1 unspecified atom stereocenters. The van der Waals surface area contributed by atoms with Crippen LogP contribution in [0.4, 0.5) is 0 Å². The highest BCUT2D eigenvalue weighted by Gasteiger charge is 2.18. The number of hydrogen-bond acceptors (Lipinski definition) is 5. The van der Waals surface area contributed by atoms with Crippen LogP contribution in [0.2, 0.25) is 0 Å². The van der Waals surface area contributed by atoms with Gasteiger partial charge in [0.15, 0.2) is 11.5 Å². The minimum absolute atomic E-state index is 0.0766. The summed E-state index contributed by atoms with van der Waals surface area (Å²) in [7, 11) is 1.49. The first-order valence-corrected chi connectivity index (χ1v) is 8.90. The quantitative estimate of drug-likeness (QED) is 0.358. The molecule has 8 heteroatoms. The molecule has 0 spiro atoms. The van der Waals surface area contributed by atoms with Crippen LogP contribution in [0.3, 0.4) is 0 Å². The van der Waals surface area contributed by atoms with Crippen molar-refractivity contribution in [3.05, 3.63) is 23.8 Å². The molecule has 152 valence electrons. The van der Waals surface area contributed by atoms with Crippen molar-refractivity contribution in [2.24, 2.45) is 17.4 Å². The highest BCUT2D eigenvalue weighted by Crippen LogP contribution is 2.28. The van der Waals surface area contributed by atoms with Crippen molar-refractivity contribution < 1.29 is 29.3 Å². The maximum Gasteiger partial charge on any atom is 0.306 e. The summed E-state index contributed by atoms with van der Waals surface area (Å²) in [6, 6.07) is 5.02. The van der Waals surface area contributed by atoms with Crippen molar-refractivity contribution in [1.82, 2.24) is 0 Å². The van der Waals surface area contributed by atoms with E-state index < -0.39 is 17.8 Å². The number of phenols is 1. The number of methoxy groups -OCH3 is 1. The van der Waals surface area contributed by atoms with E-state index in [2.05, 4.69) is 18.4 Å². The van der Waals surface area contributed by atoms with Crippen LogP contribution in [0.1, 0.15) is 51.0 Å². The average molecular weight is 382 g/mol. The van der Waals surface area contributed by atoms with Gasteiger partial charge in [-0.25, -0.2) is 0 Å². The summed E-state index contributed by atoms with van der Waals surface area (Å²) in [5.41, 5.74) is 9.52. The zero-order chi connectivity index (χ0) is 20.8. The van der Waals surface area contributed by atoms with Crippen LogP contribution in [0, 0.1) is 5.92 Å². The topological polar surface area (TPSA) is 153 Å². The van der Waals surface area contributed by atoms with Gasteiger partial charge in [-0.1, -0.05) is 45.1 Å². The number of phenolic OH excluding ortho intramolecular Hbond substituents is 1. The van der Waals surface area contributed by atoms with Gasteiger partial charge in [0.1, 0.15) is 0 Å². The van der Waals surface area contributed by atoms with E-state index in [0.29, 0.717) is 18.6 Å². The summed E-state index contributed by atoms with van der Waals surface area (Å²) in [4.78, 5) is 30.3. The molecule has 2 amide bonds. The molecule has 8 nitrogen and oxygen atoms in total. The Morgan fingerprint density at radius 2 is 1.67 bits per heavy atom. The van der Waals surface area contributed by atoms with Crippen LogP contribution >= 0.6 is 0 Å². The Hall–Kier alpha value is -2.77. The molecule has 0 aromatic heterocycles. The number of aliphatic carboxylic acids is 1. The molecule has 1 aromatic carbocycles. The van der Waals surface area contributed by atoms with E-state index in [-0.39, 0.29) is 11.7 Å². The van der Waals surface area contributed by atoms with Crippen molar-refractivity contribution in [3.8, 4) is 11.5 Å². The summed E-state index contributed by atoms with van der Waals surface area (Å²) in [6.45, 7) is 2.16. The average Bonchev–Trinajstić information content (AvgIpc) is 2.62. The maximum atomic E-state index is 11.4. The Labute approximate surface area is 159 Å². The summed E-state index contributed by atoms with van der Waals surface area (Å²) in [6.07, 6.45) is 6.79. The summed E-state index contributed by atoms with van der Waals surface area (Å²) < 4.78 is 5.06. The first kappa shape index (κ1) is 24.2. The summed E-state index contributed by atoms with van der Waals surface area (Å²) in [5.74, 6) is -2.87. The van der Waals surface area contributed by atoms with Crippen molar-refractivity contribution in [2.75, 3.05) is 7.11 Å². The van der Waals surface area contributed by atoms with Crippen LogP contribution in [0.25, 0.3) is 0 Å². The third-order valence-corrected chi connectivity index (χ3v) is 3.97. The predicted molar refractivity (Wildman–Crippen MR) is 101 cm³/mol. The lowest BCUT2D eigenvalue weighted by molar-refractivity contribution is -0.142. The number of carboxylic acids is 1. The third kappa shape index (κ3) is 10.7. The zero-order valence-electron chi connectivity index (χ0n) is 15.9. The molecule has 1 atom stereocenters. The molecule has 0 heterocycles. The highest BCUT2D eigenvalue weighted by atomic mass is 16.5. The summed E-state index contributed by atoms with van der Waals surface area (Å²) in [5, 5.41) is 18.9. The number of aromatic hydroxyl groups is 1. The minimum Gasteiger partial charge on any atom is -0.504 e. The number of carbonyl (C=O) groups excluding carboxylic acids is 2. The fourth-order valence-electron chi connectivity index (χ4n) is 2.44. The molecule has 1 aromatic rings. The molecule has 0 radical (unpaired) electrons. The molecular weight excluding hydrogens is 352 g/mol. The molecule has 0 aliphatic rings. The molecule has 0 saturated heterocycles. The SMILES string of the molecule is CCCCCCCC(Cc1ccc(O)c(OC)c1)C(=O)O.NC(=O)C(N)=O. The van der Waals surface area contributed by atoms with Gasteiger partial charge in [-0.3, -0.25) is 14.4 Å². The Balaban J connectivity index is 0.000000972. The third-order valence-electron chi connectivity index (χ3n) is 3.97. The van der Waals surface area contributed by atoms with Crippen molar-refractivity contribution in [3.63, 3.8) is 0 Å². The highest BCUT2D eigenvalue weighted by molar-refractivity contribution is 6.33. The molecule has 0 fully saturated rings. The molecule has 0 saturated carbocycles. The largest absolute Gasteiger partial charge is 0.504 e. The van der Waals surface area contributed by atoms with E-state index in [1.165, 1.54) is 26.4 Å². The van der Waals surface area contributed by atoms with Gasteiger partial charge in [-0.15, -0.1) is 0 Å². The number of ether oxygens (including phenoxy) is 1. The number of nitrogens with two attached hydrogens (primary N) is 2. The van der Waals surface area contributed by atoms with Crippen LogP contribution in [0.5, 0.6) is 11.5 Å². The number of rotatable bonds is 10. The number of carboxylic acid groups (broad SMARTS) is 1. The number of carbonyl (C=O) groups is 3. The van der Waals surface area contributed by atoms with Gasteiger partial charge in [-0.05, 0) is 30.5 Å². The van der Waals surface area contributed by atoms with Gasteiger partial charge >= 0.3 is 17.8 Å². The van der Waals surface area contributed by atoms with Crippen molar-refractivity contribution >= 4 is 17.8 Å². The Bertz CT molecular complexity index is 606. The number of amides is 2. The molecular formula is C19H30N2O6. The number of unbranched alkanes of at least 4 members (excludes halogenated alkanes) is 4. The van der Waals surface area contributed by atoms with Gasteiger partial charge in [0.25, 0.3) is 0 Å². The van der Waals surface area contributed by atoms with Gasteiger partial charge in [0.05, 0.1) is 13.0 Å². The van der Waals surface area contributed by atoms with Gasteiger partial charge in [-0.2, -0.15) is 0 Å². The Morgan fingerprint density at radius 3 is 2.15 bits per heavy atom. The molecule has 0 bridgehead atoms. The molecule has 1 rings (SSSR count). The summed E-state index contributed by atoms with van der Waals surface area (Å²) >= 11 is 0. The Morgan fingerprint density at radius 1 is 1.07 bits per heavy atom. The van der Waals surface area contributed by atoms with E-state index in [9.17, 15) is 24.6 Å². The lowest BCUT2D eigenvalue weighted by Gasteiger charge is -2.13. The van der Waals surface area contributed by atoms with Crippen LogP contribution in [-0.2, 0) is 20.8 Å². The maximum absolute atomic E-state index is 11.4. The molecule has 27 heavy (non-hydrogen) atoms.